The second kappa shape index (κ2) is 8.47. The SMILES string of the molecule is O=C(C(CO)Cc1ccc(F)cc1)N(c1ccccc1)c1ccc(O)cc1. The number of aliphatic hydroxyl groups is 1. The van der Waals surface area contributed by atoms with Gasteiger partial charge in [0.1, 0.15) is 11.6 Å². The van der Waals surface area contributed by atoms with Gasteiger partial charge in [0, 0.05) is 11.4 Å². The van der Waals surface area contributed by atoms with Gasteiger partial charge in [-0.25, -0.2) is 4.39 Å². The van der Waals surface area contributed by atoms with Crippen molar-refractivity contribution in [1.29, 1.82) is 0 Å². The lowest BCUT2D eigenvalue weighted by atomic mass is 9.98. The maximum Gasteiger partial charge on any atom is 0.237 e. The van der Waals surface area contributed by atoms with Gasteiger partial charge >= 0.3 is 0 Å². The van der Waals surface area contributed by atoms with Crippen LogP contribution in [0.2, 0.25) is 0 Å². The number of hydrogen-bond donors (Lipinski definition) is 2. The van der Waals surface area contributed by atoms with E-state index in [9.17, 15) is 19.4 Å². The summed E-state index contributed by atoms with van der Waals surface area (Å²) in [5.74, 6) is -1.21. The van der Waals surface area contributed by atoms with Crippen LogP contribution in [-0.2, 0) is 11.2 Å². The summed E-state index contributed by atoms with van der Waals surface area (Å²) in [5.41, 5.74) is 2.01. The van der Waals surface area contributed by atoms with Crippen molar-refractivity contribution in [3.8, 4) is 5.75 Å². The van der Waals surface area contributed by atoms with Gasteiger partial charge in [-0.3, -0.25) is 9.69 Å². The molecule has 0 spiro atoms. The Morgan fingerprint density at radius 1 is 0.889 bits per heavy atom. The van der Waals surface area contributed by atoms with Crippen LogP contribution < -0.4 is 4.90 Å². The highest BCUT2D eigenvalue weighted by molar-refractivity contribution is 6.02. The van der Waals surface area contributed by atoms with Crippen molar-refractivity contribution < 1.29 is 19.4 Å². The standard InChI is InChI=1S/C22H20FNO3/c23-18-8-6-16(7-9-18)14-17(15-25)22(27)24(19-4-2-1-3-5-19)20-10-12-21(26)13-11-20/h1-13,17,25-26H,14-15H2. The van der Waals surface area contributed by atoms with E-state index < -0.39 is 5.92 Å². The predicted octanol–water partition coefficient (Wildman–Crippen LogP) is 4.05. The number of aliphatic hydroxyl groups excluding tert-OH is 1. The van der Waals surface area contributed by atoms with E-state index >= 15 is 0 Å². The van der Waals surface area contributed by atoms with Crippen LogP contribution in [0.1, 0.15) is 5.56 Å². The Balaban J connectivity index is 1.93. The number of amides is 1. The van der Waals surface area contributed by atoms with Crippen molar-refractivity contribution in [3.05, 3.63) is 90.2 Å². The molecule has 0 bridgehead atoms. The molecule has 0 aliphatic heterocycles. The fraction of sp³-hybridized carbons (Fsp3) is 0.136. The van der Waals surface area contributed by atoms with E-state index in [1.165, 1.54) is 29.2 Å². The van der Waals surface area contributed by atoms with Crippen molar-refractivity contribution in [2.45, 2.75) is 6.42 Å². The zero-order valence-corrected chi connectivity index (χ0v) is 14.6. The molecule has 3 rings (SSSR count). The van der Waals surface area contributed by atoms with Crippen LogP contribution in [0.25, 0.3) is 0 Å². The lowest BCUT2D eigenvalue weighted by Gasteiger charge is -2.27. The molecule has 27 heavy (non-hydrogen) atoms. The number of benzene rings is 3. The summed E-state index contributed by atoms with van der Waals surface area (Å²) in [5, 5.41) is 19.4. The summed E-state index contributed by atoms with van der Waals surface area (Å²) in [4.78, 5) is 14.8. The molecule has 0 saturated carbocycles. The molecule has 0 aliphatic carbocycles. The largest absolute Gasteiger partial charge is 0.508 e. The molecular formula is C22H20FNO3. The molecule has 0 heterocycles. The van der Waals surface area contributed by atoms with E-state index in [0.29, 0.717) is 11.4 Å². The van der Waals surface area contributed by atoms with Crippen molar-refractivity contribution >= 4 is 17.3 Å². The van der Waals surface area contributed by atoms with Gasteiger partial charge < -0.3 is 10.2 Å². The first kappa shape index (κ1) is 18.6. The monoisotopic (exact) mass is 365 g/mol. The van der Waals surface area contributed by atoms with Gasteiger partial charge in [0.25, 0.3) is 0 Å². The summed E-state index contributed by atoms with van der Waals surface area (Å²) in [7, 11) is 0. The predicted molar refractivity (Wildman–Crippen MR) is 102 cm³/mol. The molecule has 0 radical (unpaired) electrons. The third-order valence-electron chi connectivity index (χ3n) is 4.31. The highest BCUT2D eigenvalue weighted by Gasteiger charge is 2.26. The van der Waals surface area contributed by atoms with E-state index in [1.54, 1.807) is 36.4 Å². The number of carbonyl (C=O) groups excluding carboxylic acids is 1. The van der Waals surface area contributed by atoms with Crippen LogP contribution >= 0.6 is 0 Å². The van der Waals surface area contributed by atoms with Crippen molar-refractivity contribution in [3.63, 3.8) is 0 Å². The third-order valence-corrected chi connectivity index (χ3v) is 4.31. The van der Waals surface area contributed by atoms with Gasteiger partial charge in [0.15, 0.2) is 0 Å². The highest BCUT2D eigenvalue weighted by atomic mass is 19.1. The quantitative estimate of drug-likeness (QED) is 0.693. The van der Waals surface area contributed by atoms with Crippen molar-refractivity contribution in [1.82, 2.24) is 0 Å². The van der Waals surface area contributed by atoms with Crippen LogP contribution in [0.3, 0.4) is 0 Å². The molecule has 1 amide bonds. The molecular weight excluding hydrogens is 345 g/mol. The first-order chi connectivity index (χ1) is 13.1. The maximum absolute atomic E-state index is 13.3. The lowest BCUT2D eigenvalue weighted by Crippen LogP contribution is -2.35. The number of phenols is 1. The minimum atomic E-state index is -0.690. The van der Waals surface area contributed by atoms with Gasteiger partial charge in [0.2, 0.25) is 5.91 Å². The Labute approximate surface area is 157 Å². The number of anilines is 2. The molecule has 5 heteroatoms. The number of carbonyl (C=O) groups is 1. The summed E-state index contributed by atoms with van der Waals surface area (Å²) in [6.07, 6.45) is 0.289. The maximum atomic E-state index is 13.3. The fourth-order valence-corrected chi connectivity index (χ4v) is 2.90. The minimum Gasteiger partial charge on any atom is -0.508 e. The number of aromatic hydroxyl groups is 1. The van der Waals surface area contributed by atoms with E-state index in [-0.39, 0.29) is 30.5 Å². The Hall–Kier alpha value is -3.18. The number of nitrogens with zero attached hydrogens (tertiary/aromatic N) is 1. The van der Waals surface area contributed by atoms with Crippen molar-refractivity contribution in [2.75, 3.05) is 11.5 Å². The number of rotatable bonds is 6. The van der Waals surface area contributed by atoms with Crippen LogP contribution in [-0.4, -0.2) is 22.7 Å². The third kappa shape index (κ3) is 4.51. The average molecular weight is 365 g/mol. The number of hydrogen-bond acceptors (Lipinski definition) is 3. The summed E-state index contributed by atoms with van der Waals surface area (Å²) < 4.78 is 13.1. The summed E-state index contributed by atoms with van der Waals surface area (Å²) in [6.45, 7) is -0.336. The summed E-state index contributed by atoms with van der Waals surface area (Å²) >= 11 is 0. The van der Waals surface area contributed by atoms with Gasteiger partial charge in [0.05, 0.1) is 12.5 Å². The molecule has 4 nitrogen and oxygen atoms in total. The molecule has 1 unspecified atom stereocenters. The van der Waals surface area contributed by atoms with E-state index in [4.69, 9.17) is 0 Å². The molecule has 1 atom stereocenters. The molecule has 2 N–H and O–H groups in total. The van der Waals surface area contributed by atoms with Gasteiger partial charge in [-0.05, 0) is 60.5 Å². The second-order valence-electron chi connectivity index (χ2n) is 6.24. The Bertz CT molecular complexity index is 880. The Kier molecular flexibility index (Phi) is 5.84. The van der Waals surface area contributed by atoms with E-state index in [1.807, 2.05) is 18.2 Å². The van der Waals surface area contributed by atoms with Crippen molar-refractivity contribution in [2.24, 2.45) is 5.92 Å². The van der Waals surface area contributed by atoms with E-state index in [2.05, 4.69) is 0 Å². The zero-order valence-electron chi connectivity index (χ0n) is 14.6. The topological polar surface area (TPSA) is 60.8 Å². The molecule has 3 aromatic rings. The number of para-hydroxylation sites is 1. The van der Waals surface area contributed by atoms with Crippen LogP contribution in [0, 0.1) is 11.7 Å². The Morgan fingerprint density at radius 2 is 1.48 bits per heavy atom. The lowest BCUT2D eigenvalue weighted by molar-refractivity contribution is -0.122. The second-order valence-corrected chi connectivity index (χ2v) is 6.24. The van der Waals surface area contributed by atoms with Crippen LogP contribution in [0.15, 0.2) is 78.9 Å². The molecule has 0 fully saturated rings. The van der Waals surface area contributed by atoms with Crippen LogP contribution in [0.5, 0.6) is 5.75 Å². The smallest absolute Gasteiger partial charge is 0.237 e. The number of halogens is 1. The molecule has 0 saturated heterocycles. The Morgan fingerprint density at radius 3 is 2.07 bits per heavy atom. The number of phenolic OH excluding ortho intramolecular Hbond substituents is 1. The van der Waals surface area contributed by atoms with E-state index in [0.717, 1.165) is 5.56 Å². The minimum absolute atomic E-state index is 0.101. The van der Waals surface area contributed by atoms with Gasteiger partial charge in [-0.1, -0.05) is 30.3 Å². The molecule has 0 aliphatic rings. The van der Waals surface area contributed by atoms with Crippen LogP contribution in [0.4, 0.5) is 15.8 Å². The molecule has 0 aromatic heterocycles. The molecule has 138 valence electrons. The zero-order chi connectivity index (χ0) is 19.2. The molecule has 3 aromatic carbocycles. The average Bonchev–Trinajstić information content (AvgIpc) is 2.70. The summed E-state index contributed by atoms with van der Waals surface area (Å²) in [6, 6.07) is 21.3. The first-order valence-corrected chi connectivity index (χ1v) is 8.62. The van der Waals surface area contributed by atoms with Gasteiger partial charge in [-0.15, -0.1) is 0 Å². The van der Waals surface area contributed by atoms with Gasteiger partial charge in [-0.2, -0.15) is 0 Å². The first-order valence-electron chi connectivity index (χ1n) is 8.62. The highest BCUT2D eigenvalue weighted by Crippen LogP contribution is 2.29. The normalized spacial score (nSPS) is 11.8. The fourth-order valence-electron chi connectivity index (χ4n) is 2.90.